The number of amides is 2. The number of nitrogens with zero attached hydrogens (tertiary/aromatic N) is 1. The summed E-state index contributed by atoms with van der Waals surface area (Å²) in [5.74, 6) is 0.381. The lowest BCUT2D eigenvalue weighted by molar-refractivity contribution is -0.148. The van der Waals surface area contributed by atoms with Crippen LogP contribution in [0.25, 0.3) is 0 Å². The monoisotopic (exact) mass is 210 g/mol. The second kappa shape index (κ2) is 3.83. The molecular formula is C11H18N2O2. The molecular weight excluding hydrogens is 192 g/mol. The molecule has 0 aromatic carbocycles. The van der Waals surface area contributed by atoms with Crippen LogP contribution >= 0.6 is 0 Å². The molecule has 0 aliphatic carbocycles. The Bertz CT molecular complexity index is 290. The summed E-state index contributed by atoms with van der Waals surface area (Å²) in [6.07, 6.45) is 2.69. The Balaban J connectivity index is 2.17. The third-order valence-corrected chi connectivity index (χ3v) is 3.62. The second-order valence-corrected chi connectivity index (χ2v) is 4.56. The maximum absolute atomic E-state index is 12.1. The third kappa shape index (κ3) is 1.62. The molecule has 0 bridgehead atoms. The summed E-state index contributed by atoms with van der Waals surface area (Å²) in [6.45, 7) is 4.81. The van der Waals surface area contributed by atoms with E-state index < -0.39 is 0 Å². The summed E-state index contributed by atoms with van der Waals surface area (Å²) in [5.41, 5.74) is 0. The zero-order valence-electron chi connectivity index (χ0n) is 9.32. The number of nitrogens with one attached hydrogen (secondary N) is 1. The Morgan fingerprint density at radius 3 is 2.93 bits per heavy atom. The van der Waals surface area contributed by atoms with Crippen molar-refractivity contribution < 1.29 is 9.59 Å². The third-order valence-electron chi connectivity index (χ3n) is 3.62. The molecule has 0 saturated carbocycles. The Kier molecular flexibility index (Phi) is 2.67. The predicted octanol–water partition coefficient (Wildman–Crippen LogP) is 0.522. The smallest absolute Gasteiger partial charge is 0.246 e. The largest absolute Gasteiger partial charge is 0.342 e. The predicted molar refractivity (Wildman–Crippen MR) is 56.1 cm³/mol. The van der Waals surface area contributed by atoms with Crippen molar-refractivity contribution >= 4 is 11.8 Å². The van der Waals surface area contributed by atoms with Crippen molar-refractivity contribution in [2.75, 3.05) is 6.54 Å². The number of rotatable bonds is 2. The molecule has 1 N–H and O–H groups in total. The lowest BCUT2D eigenvalue weighted by Gasteiger charge is -2.36. The minimum absolute atomic E-state index is 0.0393. The molecule has 2 heterocycles. The van der Waals surface area contributed by atoms with Gasteiger partial charge in [-0.3, -0.25) is 9.59 Å². The molecule has 0 aromatic heterocycles. The van der Waals surface area contributed by atoms with Gasteiger partial charge in [0.2, 0.25) is 11.8 Å². The number of hydrogen-bond donors (Lipinski definition) is 1. The van der Waals surface area contributed by atoms with Crippen LogP contribution in [-0.2, 0) is 9.59 Å². The van der Waals surface area contributed by atoms with Crippen molar-refractivity contribution in [2.45, 2.75) is 45.2 Å². The summed E-state index contributed by atoms with van der Waals surface area (Å²) >= 11 is 0. The van der Waals surface area contributed by atoms with Crippen LogP contribution in [0.5, 0.6) is 0 Å². The van der Waals surface area contributed by atoms with Crippen molar-refractivity contribution in [2.24, 2.45) is 5.92 Å². The number of carbonyl (C=O) groups excluding carboxylic acids is 2. The van der Waals surface area contributed by atoms with Gasteiger partial charge in [-0.05, 0) is 18.8 Å². The van der Waals surface area contributed by atoms with Crippen molar-refractivity contribution in [1.82, 2.24) is 10.2 Å². The quantitative estimate of drug-likeness (QED) is 0.722. The first kappa shape index (κ1) is 10.5. The van der Waals surface area contributed by atoms with Gasteiger partial charge in [0.25, 0.3) is 0 Å². The fourth-order valence-corrected chi connectivity index (χ4v) is 2.41. The number of fused-ring (bicyclic) bond motifs is 1. The highest BCUT2D eigenvalue weighted by Gasteiger charge is 2.44. The van der Waals surface area contributed by atoms with E-state index >= 15 is 0 Å². The van der Waals surface area contributed by atoms with Crippen LogP contribution in [0.2, 0.25) is 0 Å². The highest BCUT2D eigenvalue weighted by atomic mass is 16.2. The molecule has 2 aliphatic rings. The Morgan fingerprint density at radius 2 is 2.27 bits per heavy atom. The van der Waals surface area contributed by atoms with Gasteiger partial charge in [0.1, 0.15) is 12.1 Å². The maximum atomic E-state index is 12.1. The van der Waals surface area contributed by atoms with E-state index in [4.69, 9.17) is 0 Å². The molecule has 0 aromatic rings. The first-order valence-corrected chi connectivity index (χ1v) is 5.76. The van der Waals surface area contributed by atoms with E-state index in [9.17, 15) is 9.59 Å². The van der Waals surface area contributed by atoms with Crippen molar-refractivity contribution in [3.8, 4) is 0 Å². The molecule has 15 heavy (non-hydrogen) atoms. The van der Waals surface area contributed by atoms with Crippen LogP contribution in [0.3, 0.4) is 0 Å². The van der Waals surface area contributed by atoms with Crippen LogP contribution in [0, 0.1) is 5.92 Å². The molecule has 0 spiro atoms. The van der Waals surface area contributed by atoms with Crippen LogP contribution in [-0.4, -0.2) is 35.3 Å². The standard InChI is InChI=1S/C11H18N2O2/c1-3-7(2)9-11(15)13-6-4-5-8(13)10(14)12-9/h7-9H,3-6H2,1-2H3,(H,12,14)/t7?,8-,9+/m0/s1. The zero-order valence-corrected chi connectivity index (χ0v) is 9.32. The van der Waals surface area contributed by atoms with Crippen molar-refractivity contribution in [3.63, 3.8) is 0 Å². The summed E-state index contributed by atoms with van der Waals surface area (Å²) < 4.78 is 0. The normalized spacial score (nSPS) is 32.5. The molecule has 2 fully saturated rings. The Hall–Kier alpha value is -1.06. The van der Waals surface area contributed by atoms with E-state index in [0.717, 1.165) is 25.8 Å². The molecule has 1 unspecified atom stereocenters. The van der Waals surface area contributed by atoms with Crippen LogP contribution in [0.4, 0.5) is 0 Å². The van der Waals surface area contributed by atoms with Gasteiger partial charge in [0, 0.05) is 6.54 Å². The van der Waals surface area contributed by atoms with E-state index in [1.807, 2.05) is 13.8 Å². The Labute approximate surface area is 90.0 Å². The molecule has 4 nitrogen and oxygen atoms in total. The van der Waals surface area contributed by atoms with Crippen LogP contribution in [0.1, 0.15) is 33.1 Å². The van der Waals surface area contributed by atoms with E-state index in [0.29, 0.717) is 0 Å². The highest BCUT2D eigenvalue weighted by Crippen LogP contribution is 2.24. The molecule has 84 valence electrons. The SMILES string of the molecule is CCC(C)[C@H]1NC(=O)[C@@H]2CCCN2C1=O. The van der Waals surface area contributed by atoms with Crippen molar-refractivity contribution in [1.29, 1.82) is 0 Å². The highest BCUT2D eigenvalue weighted by molar-refractivity contribution is 5.97. The first-order chi connectivity index (χ1) is 7.15. The number of piperazine rings is 1. The fraction of sp³-hybridized carbons (Fsp3) is 0.818. The van der Waals surface area contributed by atoms with Gasteiger partial charge in [-0.15, -0.1) is 0 Å². The first-order valence-electron chi connectivity index (χ1n) is 5.76. The molecule has 2 amide bonds. The summed E-state index contributed by atoms with van der Waals surface area (Å²) in [7, 11) is 0. The zero-order chi connectivity index (χ0) is 11.0. The average Bonchev–Trinajstić information content (AvgIpc) is 2.71. The summed E-state index contributed by atoms with van der Waals surface area (Å²) in [4.78, 5) is 25.6. The Morgan fingerprint density at radius 1 is 1.53 bits per heavy atom. The topological polar surface area (TPSA) is 49.4 Å². The van der Waals surface area contributed by atoms with Gasteiger partial charge < -0.3 is 10.2 Å². The van der Waals surface area contributed by atoms with E-state index in [1.54, 1.807) is 4.90 Å². The van der Waals surface area contributed by atoms with Gasteiger partial charge >= 0.3 is 0 Å². The van der Waals surface area contributed by atoms with Gasteiger partial charge in [-0.25, -0.2) is 0 Å². The molecule has 2 rings (SSSR count). The minimum atomic E-state index is -0.295. The van der Waals surface area contributed by atoms with Gasteiger partial charge in [-0.1, -0.05) is 20.3 Å². The van der Waals surface area contributed by atoms with E-state index in [-0.39, 0.29) is 29.8 Å². The maximum Gasteiger partial charge on any atom is 0.246 e. The molecule has 3 atom stereocenters. The molecule has 4 heteroatoms. The lowest BCUT2D eigenvalue weighted by Crippen LogP contribution is -2.62. The van der Waals surface area contributed by atoms with Crippen molar-refractivity contribution in [3.05, 3.63) is 0 Å². The number of hydrogen-bond acceptors (Lipinski definition) is 2. The molecule has 2 saturated heterocycles. The fourth-order valence-electron chi connectivity index (χ4n) is 2.41. The molecule has 2 aliphatic heterocycles. The average molecular weight is 210 g/mol. The van der Waals surface area contributed by atoms with E-state index in [1.165, 1.54) is 0 Å². The molecule has 0 radical (unpaired) electrons. The minimum Gasteiger partial charge on any atom is -0.342 e. The van der Waals surface area contributed by atoms with Gasteiger partial charge in [0.05, 0.1) is 0 Å². The van der Waals surface area contributed by atoms with E-state index in [2.05, 4.69) is 5.32 Å². The van der Waals surface area contributed by atoms with Crippen LogP contribution in [0.15, 0.2) is 0 Å². The van der Waals surface area contributed by atoms with Gasteiger partial charge in [0.15, 0.2) is 0 Å². The lowest BCUT2D eigenvalue weighted by atomic mass is 9.95. The summed E-state index contributed by atoms with van der Waals surface area (Å²) in [5, 5.41) is 2.86. The number of carbonyl (C=O) groups is 2. The second-order valence-electron chi connectivity index (χ2n) is 4.56. The van der Waals surface area contributed by atoms with Gasteiger partial charge in [-0.2, -0.15) is 0 Å². The van der Waals surface area contributed by atoms with Crippen LogP contribution < -0.4 is 5.32 Å². The summed E-state index contributed by atoms with van der Waals surface area (Å²) in [6, 6.07) is -0.477.